The van der Waals surface area contributed by atoms with Crippen LogP contribution in [0.15, 0.2) is 42.5 Å². The Morgan fingerprint density at radius 3 is 2.40 bits per heavy atom. The second kappa shape index (κ2) is 8.94. The Morgan fingerprint density at radius 1 is 1.04 bits per heavy atom. The van der Waals surface area contributed by atoms with E-state index in [-0.39, 0.29) is 5.56 Å². The predicted molar refractivity (Wildman–Crippen MR) is 93.1 cm³/mol. The lowest BCUT2D eigenvalue weighted by atomic mass is 10.2. The highest BCUT2D eigenvalue weighted by atomic mass is 35.5. The van der Waals surface area contributed by atoms with Gasteiger partial charge in [0, 0.05) is 11.6 Å². The molecule has 0 spiro atoms. The molecule has 0 atom stereocenters. The van der Waals surface area contributed by atoms with Crippen LogP contribution in [0.4, 0.5) is 0 Å². The summed E-state index contributed by atoms with van der Waals surface area (Å²) in [4.78, 5) is 23.9. The topological polar surface area (TPSA) is 73.9 Å². The molecule has 2 aromatic rings. The molecular formula is C18H18ClNO5. The van der Waals surface area contributed by atoms with Crippen LogP contribution in [0.2, 0.25) is 5.02 Å². The van der Waals surface area contributed by atoms with Crippen LogP contribution < -0.4 is 14.8 Å². The van der Waals surface area contributed by atoms with Crippen LogP contribution in [0.1, 0.15) is 15.9 Å². The lowest BCUT2D eigenvalue weighted by Crippen LogP contribution is -2.28. The van der Waals surface area contributed by atoms with Gasteiger partial charge in [-0.05, 0) is 35.9 Å². The maximum absolute atomic E-state index is 12.1. The van der Waals surface area contributed by atoms with E-state index in [1.165, 1.54) is 13.2 Å². The molecular weight excluding hydrogens is 346 g/mol. The van der Waals surface area contributed by atoms with Gasteiger partial charge in [-0.15, -0.1) is 0 Å². The number of amides is 1. The molecule has 0 heterocycles. The van der Waals surface area contributed by atoms with Gasteiger partial charge in [0.1, 0.15) is 17.1 Å². The van der Waals surface area contributed by atoms with Gasteiger partial charge in [0.15, 0.2) is 6.61 Å². The van der Waals surface area contributed by atoms with E-state index < -0.39 is 18.5 Å². The molecule has 0 fully saturated rings. The van der Waals surface area contributed by atoms with Crippen molar-refractivity contribution >= 4 is 23.5 Å². The number of hydrogen-bond acceptors (Lipinski definition) is 5. The maximum Gasteiger partial charge on any atom is 0.342 e. The van der Waals surface area contributed by atoms with Gasteiger partial charge >= 0.3 is 5.97 Å². The molecule has 0 radical (unpaired) electrons. The third kappa shape index (κ3) is 5.39. The molecule has 0 aromatic heterocycles. The molecule has 2 rings (SSSR count). The van der Waals surface area contributed by atoms with Crippen LogP contribution in [0.25, 0.3) is 0 Å². The minimum Gasteiger partial charge on any atom is -0.497 e. The zero-order valence-corrected chi connectivity index (χ0v) is 14.6. The van der Waals surface area contributed by atoms with E-state index in [4.69, 9.17) is 25.8 Å². The van der Waals surface area contributed by atoms with Crippen LogP contribution >= 0.6 is 11.6 Å². The van der Waals surface area contributed by atoms with Crippen molar-refractivity contribution in [2.45, 2.75) is 6.54 Å². The van der Waals surface area contributed by atoms with Crippen molar-refractivity contribution < 1.29 is 23.8 Å². The molecule has 132 valence electrons. The van der Waals surface area contributed by atoms with Gasteiger partial charge in [-0.25, -0.2) is 4.79 Å². The van der Waals surface area contributed by atoms with E-state index in [0.717, 1.165) is 11.3 Å². The first-order valence-electron chi connectivity index (χ1n) is 7.43. The van der Waals surface area contributed by atoms with Crippen LogP contribution in [-0.4, -0.2) is 32.7 Å². The van der Waals surface area contributed by atoms with Crippen molar-refractivity contribution in [3.8, 4) is 11.5 Å². The lowest BCUT2D eigenvalue weighted by molar-refractivity contribution is -0.124. The highest BCUT2D eigenvalue weighted by Gasteiger charge is 2.16. The summed E-state index contributed by atoms with van der Waals surface area (Å²) in [5.41, 5.74) is 1.06. The summed E-state index contributed by atoms with van der Waals surface area (Å²) >= 11 is 5.87. The van der Waals surface area contributed by atoms with Crippen LogP contribution in [-0.2, 0) is 16.1 Å². The number of hydrogen-bond donors (Lipinski definition) is 1. The van der Waals surface area contributed by atoms with E-state index in [2.05, 4.69) is 5.32 Å². The number of methoxy groups -OCH3 is 2. The number of ether oxygens (including phenoxy) is 3. The van der Waals surface area contributed by atoms with Crippen LogP contribution in [0, 0.1) is 0 Å². The first-order chi connectivity index (χ1) is 12.0. The summed E-state index contributed by atoms with van der Waals surface area (Å²) in [5.74, 6) is -0.0309. The fraction of sp³-hybridized carbons (Fsp3) is 0.222. The zero-order chi connectivity index (χ0) is 18.2. The number of halogens is 1. The van der Waals surface area contributed by atoms with E-state index in [0.29, 0.717) is 17.3 Å². The molecule has 7 heteroatoms. The maximum atomic E-state index is 12.1. The molecule has 2 aromatic carbocycles. The number of carbonyl (C=O) groups excluding carboxylic acids is 2. The smallest absolute Gasteiger partial charge is 0.342 e. The molecule has 0 saturated carbocycles. The fourth-order valence-electron chi connectivity index (χ4n) is 2.04. The molecule has 0 aliphatic rings. The Kier molecular flexibility index (Phi) is 6.65. The highest BCUT2D eigenvalue weighted by Crippen LogP contribution is 2.23. The predicted octanol–water partition coefficient (Wildman–Crippen LogP) is 2.83. The van der Waals surface area contributed by atoms with E-state index in [9.17, 15) is 9.59 Å². The van der Waals surface area contributed by atoms with Gasteiger partial charge < -0.3 is 19.5 Å². The average Bonchev–Trinajstić information content (AvgIpc) is 2.64. The molecule has 0 unspecified atom stereocenters. The summed E-state index contributed by atoms with van der Waals surface area (Å²) in [5, 5.41) is 3.04. The third-order valence-corrected chi connectivity index (χ3v) is 3.60. The Labute approximate surface area is 150 Å². The first kappa shape index (κ1) is 18.6. The largest absolute Gasteiger partial charge is 0.497 e. The van der Waals surface area contributed by atoms with E-state index >= 15 is 0 Å². The summed E-state index contributed by atoms with van der Waals surface area (Å²) in [7, 11) is 3.02. The Bertz CT molecular complexity index is 746. The number of nitrogens with one attached hydrogen (secondary N) is 1. The molecule has 0 aliphatic heterocycles. The number of esters is 1. The second-order valence-electron chi connectivity index (χ2n) is 5.05. The summed E-state index contributed by atoms with van der Waals surface area (Å²) < 4.78 is 15.1. The van der Waals surface area contributed by atoms with Crippen molar-refractivity contribution in [2.75, 3.05) is 20.8 Å². The third-order valence-electron chi connectivity index (χ3n) is 3.36. The Balaban J connectivity index is 1.85. The van der Waals surface area contributed by atoms with Gasteiger partial charge in [0.05, 0.1) is 14.2 Å². The molecule has 6 nitrogen and oxygen atoms in total. The van der Waals surface area contributed by atoms with Crippen LogP contribution in [0.5, 0.6) is 11.5 Å². The molecule has 1 amide bonds. The van der Waals surface area contributed by atoms with E-state index in [1.807, 2.05) is 12.1 Å². The van der Waals surface area contributed by atoms with E-state index in [1.54, 1.807) is 31.4 Å². The SMILES string of the molecule is COc1ccc(CNC(=O)COC(=O)c2cc(Cl)ccc2OC)cc1. The minimum absolute atomic E-state index is 0.165. The molecule has 0 saturated heterocycles. The number of benzene rings is 2. The quantitative estimate of drug-likeness (QED) is 0.766. The highest BCUT2D eigenvalue weighted by molar-refractivity contribution is 6.31. The van der Waals surface area contributed by atoms with Crippen molar-refractivity contribution in [3.05, 3.63) is 58.6 Å². The average molecular weight is 364 g/mol. The Morgan fingerprint density at radius 2 is 1.76 bits per heavy atom. The standard InChI is InChI=1S/C18H18ClNO5/c1-23-14-6-3-12(4-7-14)10-20-17(21)11-25-18(22)15-9-13(19)5-8-16(15)24-2/h3-9H,10-11H2,1-2H3,(H,20,21). The van der Waals surface area contributed by atoms with Crippen LogP contribution in [0.3, 0.4) is 0 Å². The fourth-order valence-corrected chi connectivity index (χ4v) is 2.22. The second-order valence-corrected chi connectivity index (χ2v) is 5.48. The van der Waals surface area contributed by atoms with Crippen molar-refractivity contribution in [3.63, 3.8) is 0 Å². The summed E-state index contributed by atoms with van der Waals surface area (Å²) in [6.07, 6.45) is 0. The van der Waals surface area contributed by atoms with Gasteiger partial charge in [0.25, 0.3) is 5.91 Å². The lowest BCUT2D eigenvalue weighted by Gasteiger charge is -2.10. The van der Waals surface area contributed by atoms with Gasteiger partial charge in [-0.2, -0.15) is 0 Å². The van der Waals surface area contributed by atoms with Crippen molar-refractivity contribution in [2.24, 2.45) is 0 Å². The number of rotatable bonds is 7. The van der Waals surface area contributed by atoms with Gasteiger partial charge in [-0.3, -0.25) is 4.79 Å². The summed E-state index contributed by atoms with van der Waals surface area (Å²) in [6, 6.07) is 11.9. The van der Waals surface area contributed by atoms with Gasteiger partial charge in [0.2, 0.25) is 0 Å². The van der Waals surface area contributed by atoms with Crippen molar-refractivity contribution in [1.82, 2.24) is 5.32 Å². The zero-order valence-electron chi connectivity index (χ0n) is 13.9. The van der Waals surface area contributed by atoms with Gasteiger partial charge in [-0.1, -0.05) is 23.7 Å². The summed E-state index contributed by atoms with van der Waals surface area (Å²) in [6.45, 7) is -0.0779. The molecule has 1 N–H and O–H groups in total. The monoisotopic (exact) mass is 363 g/mol. The number of carbonyl (C=O) groups is 2. The normalized spacial score (nSPS) is 10.0. The molecule has 0 aliphatic carbocycles. The minimum atomic E-state index is -0.682. The Hall–Kier alpha value is -2.73. The van der Waals surface area contributed by atoms with Crippen molar-refractivity contribution in [1.29, 1.82) is 0 Å². The first-order valence-corrected chi connectivity index (χ1v) is 7.81. The molecule has 25 heavy (non-hydrogen) atoms. The molecule has 0 bridgehead atoms.